The average Bonchev–Trinajstić information content (AvgIpc) is 3.24. The van der Waals surface area contributed by atoms with Crippen LogP contribution in [0.25, 0.3) is 0 Å². The fourth-order valence-corrected chi connectivity index (χ4v) is 8.52. The van der Waals surface area contributed by atoms with Crippen LogP contribution in [-0.4, -0.2) is 37.2 Å². The SMILES string of the molecule is CCCCCCCCCCCCCCCCCC(=O)OC[C@H](COC(=O)CCCCCCCCCCCCCCCCCCC(C)C)OC(=O)CCCCCCCCCC(C)C. The lowest BCUT2D eigenvalue weighted by Gasteiger charge is -2.18. The molecule has 0 amide bonds. The summed E-state index contributed by atoms with van der Waals surface area (Å²) in [7, 11) is 0. The molecule has 0 spiro atoms. The van der Waals surface area contributed by atoms with Gasteiger partial charge in [-0.25, -0.2) is 0 Å². The second kappa shape index (κ2) is 48.9. The molecule has 0 saturated heterocycles. The van der Waals surface area contributed by atoms with Crippen molar-refractivity contribution in [2.45, 2.75) is 317 Å². The number of hydrogen-bond donors (Lipinski definition) is 0. The standard InChI is InChI=1S/C56H108O6/c1-6-7-8-9-10-11-12-13-16-20-23-26-31-36-41-46-54(57)60-49-53(62-56(59)48-43-38-33-28-30-35-40-45-52(4)5)50-61-55(58)47-42-37-32-27-24-21-18-15-14-17-19-22-25-29-34-39-44-51(2)3/h51-53H,6-50H2,1-5H3/t53-/m1/s1. The molecule has 0 unspecified atom stereocenters. The van der Waals surface area contributed by atoms with Gasteiger partial charge in [0.1, 0.15) is 13.2 Å². The summed E-state index contributed by atoms with van der Waals surface area (Å²) in [5, 5.41) is 0. The molecule has 0 radical (unpaired) electrons. The van der Waals surface area contributed by atoms with Crippen molar-refractivity contribution in [2.75, 3.05) is 13.2 Å². The molecule has 0 aromatic carbocycles. The van der Waals surface area contributed by atoms with Gasteiger partial charge in [0.25, 0.3) is 0 Å². The molecule has 6 nitrogen and oxygen atoms in total. The van der Waals surface area contributed by atoms with E-state index < -0.39 is 6.10 Å². The van der Waals surface area contributed by atoms with E-state index in [9.17, 15) is 14.4 Å². The molecule has 62 heavy (non-hydrogen) atoms. The molecule has 0 N–H and O–H groups in total. The van der Waals surface area contributed by atoms with Crippen LogP contribution in [0.2, 0.25) is 0 Å². The van der Waals surface area contributed by atoms with Crippen LogP contribution in [0, 0.1) is 11.8 Å². The molecule has 0 aliphatic rings. The van der Waals surface area contributed by atoms with E-state index in [4.69, 9.17) is 14.2 Å². The van der Waals surface area contributed by atoms with Crippen molar-refractivity contribution in [2.24, 2.45) is 11.8 Å². The minimum absolute atomic E-state index is 0.0638. The lowest BCUT2D eigenvalue weighted by molar-refractivity contribution is -0.167. The first-order valence-corrected chi connectivity index (χ1v) is 27.7. The van der Waals surface area contributed by atoms with Gasteiger partial charge in [-0.05, 0) is 31.1 Å². The molecular formula is C56H108O6. The predicted octanol–water partition coefficient (Wildman–Crippen LogP) is 18.1. The van der Waals surface area contributed by atoms with Crippen molar-refractivity contribution in [3.8, 4) is 0 Å². The molecule has 1 atom stereocenters. The summed E-state index contributed by atoms with van der Waals surface area (Å²) in [5.74, 6) is 0.784. The zero-order chi connectivity index (χ0) is 45.4. The van der Waals surface area contributed by atoms with E-state index >= 15 is 0 Å². The summed E-state index contributed by atoms with van der Waals surface area (Å²) < 4.78 is 16.8. The van der Waals surface area contributed by atoms with Crippen LogP contribution in [0.15, 0.2) is 0 Å². The van der Waals surface area contributed by atoms with E-state index in [0.717, 1.165) is 69.6 Å². The van der Waals surface area contributed by atoms with E-state index in [0.29, 0.717) is 19.3 Å². The normalized spacial score (nSPS) is 12.0. The van der Waals surface area contributed by atoms with Crippen molar-refractivity contribution in [1.82, 2.24) is 0 Å². The van der Waals surface area contributed by atoms with E-state index in [2.05, 4.69) is 34.6 Å². The molecule has 0 heterocycles. The van der Waals surface area contributed by atoms with Crippen molar-refractivity contribution < 1.29 is 28.6 Å². The maximum atomic E-state index is 12.8. The fraction of sp³-hybridized carbons (Fsp3) is 0.946. The Hall–Kier alpha value is -1.59. The second-order valence-corrected chi connectivity index (χ2v) is 20.2. The number of ether oxygens (including phenoxy) is 3. The van der Waals surface area contributed by atoms with Crippen LogP contribution in [0.3, 0.4) is 0 Å². The summed E-state index contributed by atoms with van der Waals surface area (Å²) in [4.78, 5) is 38.0. The Morgan fingerprint density at radius 1 is 0.306 bits per heavy atom. The fourth-order valence-electron chi connectivity index (χ4n) is 8.52. The molecule has 0 aliphatic heterocycles. The summed E-state index contributed by atoms with van der Waals surface area (Å²) >= 11 is 0. The first kappa shape index (κ1) is 60.4. The summed E-state index contributed by atoms with van der Waals surface area (Å²) in [6.07, 6.45) is 51.0. The summed E-state index contributed by atoms with van der Waals surface area (Å²) in [6.45, 7) is 11.4. The third kappa shape index (κ3) is 49.4. The smallest absolute Gasteiger partial charge is 0.306 e. The Morgan fingerprint density at radius 2 is 0.532 bits per heavy atom. The first-order chi connectivity index (χ1) is 30.2. The highest BCUT2D eigenvalue weighted by Crippen LogP contribution is 2.18. The van der Waals surface area contributed by atoms with Crippen LogP contribution < -0.4 is 0 Å². The maximum Gasteiger partial charge on any atom is 0.306 e. The number of hydrogen-bond acceptors (Lipinski definition) is 6. The van der Waals surface area contributed by atoms with E-state index in [1.165, 1.54) is 199 Å². The molecule has 0 bridgehead atoms. The van der Waals surface area contributed by atoms with Crippen molar-refractivity contribution in [3.05, 3.63) is 0 Å². The molecular weight excluding hydrogens is 769 g/mol. The molecule has 0 rings (SSSR count). The van der Waals surface area contributed by atoms with Crippen LogP contribution in [-0.2, 0) is 28.6 Å². The van der Waals surface area contributed by atoms with Gasteiger partial charge >= 0.3 is 17.9 Å². The van der Waals surface area contributed by atoms with Gasteiger partial charge in [-0.1, -0.05) is 272 Å². The number of carbonyl (C=O) groups excluding carboxylic acids is 3. The summed E-state index contributed by atoms with van der Waals surface area (Å²) in [6, 6.07) is 0. The van der Waals surface area contributed by atoms with Gasteiger partial charge in [0.05, 0.1) is 0 Å². The predicted molar refractivity (Wildman–Crippen MR) is 266 cm³/mol. The molecule has 0 fully saturated rings. The van der Waals surface area contributed by atoms with Crippen LogP contribution >= 0.6 is 0 Å². The maximum absolute atomic E-state index is 12.8. The number of rotatable bonds is 50. The number of carbonyl (C=O) groups is 3. The molecule has 0 aliphatic carbocycles. The van der Waals surface area contributed by atoms with Gasteiger partial charge in [0.2, 0.25) is 0 Å². The Kier molecular flexibility index (Phi) is 47.6. The topological polar surface area (TPSA) is 78.9 Å². The second-order valence-electron chi connectivity index (χ2n) is 20.2. The quantitative estimate of drug-likeness (QED) is 0.0344. The largest absolute Gasteiger partial charge is 0.462 e. The molecule has 0 saturated carbocycles. The highest BCUT2D eigenvalue weighted by Gasteiger charge is 2.19. The monoisotopic (exact) mass is 877 g/mol. The number of esters is 3. The minimum atomic E-state index is -0.762. The molecule has 368 valence electrons. The van der Waals surface area contributed by atoms with Gasteiger partial charge in [-0.2, -0.15) is 0 Å². The van der Waals surface area contributed by atoms with Crippen LogP contribution in [0.5, 0.6) is 0 Å². The zero-order valence-corrected chi connectivity index (χ0v) is 42.5. The highest BCUT2D eigenvalue weighted by atomic mass is 16.6. The van der Waals surface area contributed by atoms with Gasteiger partial charge in [-0.3, -0.25) is 14.4 Å². The zero-order valence-electron chi connectivity index (χ0n) is 42.5. The van der Waals surface area contributed by atoms with Gasteiger partial charge in [0.15, 0.2) is 6.10 Å². The van der Waals surface area contributed by atoms with Gasteiger partial charge in [-0.15, -0.1) is 0 Å². The lowest BCUT2D eigenvalue weighted by atomic mass is 10.0. The third-order valence-corrected chi connectivity index (χ3v) is 12.7. The van der Waals surface area contributed by atoms with Crippen molar-refractivity contribution >= 4 is 17.9 Å². The molecule has 0 aromatic rings. The van der Waals surface area contributed by atoms with Crippen LogP contribution in [0.1, 0.15) is 311 Å². The molecule has 0 aromatic heterocycles. The Morgan fingerprint density at radius 3 is 0.790 bits per heavy atom. The van der Waals surface area contributed by atoms with Gasteiger partial charge in [0, 0.05) is 19.3 Å². The Bertz CT molecular complexity index is 947. The lowest BCUT2D eigenvalue weighted by Crippen LogP contribution is -2.30. The minimum Gasteiger partial charge on any atom is -0.462 e. The van der Waals surface area contributed by atoms with E-state index in [-0.39, 0.29) is 31.1 Å². The van der Waals surface area contributed by atoms with Crippen molar-refractivity contribution in [1.29, 1.82) is 0 Å². The highest BCUT2D eigenvalue weighted by molar-refractivity contribution is 5.71. The Balaban J connectivity index is 4.22. The molecule has 6 heteroatoms. The first-order valence-electron chi connectivity index (χ1n) is 27.7. The van der Waals surface area contributed by atoms with E-state index in [1.54, 1.807) is 0 Å². The van der Waals surface area contributed by atoms with Crippen molar-refractivity contribution in [3.63, 3.8) is 0 Å². The third-order valence-electron chi connectivity index (χ3n) is 12.7. The Labute approximate surface area is 387 Å². The average molecular weight is 877 g/mol. The van der Waals surface area contributed by atoms with Crippen LogP contribution in [0.4, 0.5) is 0 Å². The van der Waals surface area contributed by atoms with Gasteiger partial charge < -0.3 is 14.2 Å². The van der Waals surface area contributed by atoms with E-state index in [1.807, 2.05) is 0 Å². The summed E-state index contributed by atoms with van der Waals surface area (Å²) in [5.41, 5.74) is 0. The number of unbranched alkanes of at least 4 members (excludes halogenated alkanes) is 35.